The molecule has 0 spiro atoms. The quantitative estimate of drug-likeness (QED) is 0.849. The number of rotatable bonds is 4. The van der Waals surface area contributed by atoms with E-state index in [0.29, 0.717) is 16.3 Å². The minimum Gasteiger partial charge on any atom is -0.392 e. The van der Waals surface area contributed by atoms with Crippen LogP contribution in [0.5, 0.6) is 0 Å². The van der Waals surface area contributed by atoms with Crippen molar-refractivity contribution in [2.24, 2.45) is 5.73 Å². The molecule has 2 rings (SSSR count). The smallest absolute Gasteiger partial charge is 0.261 e. The van der Waals surface area contributed by atoms with Crippen molar-refractivity contribution in [3.05, 3.63) is 22.4 Å². The molecule has 0 fully saturated rings. The Morgan fingerprint density at radius 1 is 1.59 bits per heavy atom. The summed E-state index contributed by atoms with van der Waals surface area (Å²) in [7, 11) is 0. The van der Waals surface area contributed by atoms with Gasteiger partial charge in [0.15, 0.2) is 0 Å². The molecule has 3 N–H and O–H groups in total. The Hall–Kier alpha value is -0.980. The monoisotopic (exact) mass is 284 g/mol. The summed E-state index contributed by atoms with van der Waals surface area (Å²) in [5.74, 6) is -0.0990. The molecule has 1 unspecified atom stereocenters. The van der Waals surface area contributed by atoms with Crippen molar-refractivity contribution in [2.75, 3.05) is 0 Å². The van der Waals surface area contributed by atoms with E-state index in [2.05, 4.69) is 5.32 Å². The third-order valence-corrected chi connectivity index (χ3v) is 4.80. The van der Waals surface area contributed by atoms with E-state index in [9.17, 15) is 4.79 Å². The van der Waals surface area contributed by atoms with Crippen LogP contribution in [-0.2, 0) is 0 Å². The summed E-state index contributed by atoms with van der Waals surface area (Å²) in [5.41, 5.74) is 5.55. The van der Waals surface area contributed by atoms with Crippen LogP contribution in [0.1, 0.15) is 23.0 Å². The van der Waals surface area contributed by atoms with Crippen molar-refractivity contribution >= 4 is 55.2 Å². The van der Waals surface area contributed by atoms with Gasteiger partial charge in [-0.1, -0.05) is 19.1 Å². The maximum absolute atomic E-state index is 12.0. The van der Waals surface area contributed by atoms with Gasteiger partial charge in [0.1, 0.15) is 0 Å². The topological polar surface area (TPSA) is 55.1 Å². The second-order valence-corrected chi connectivity index (χ2v) is 6.10. The Morgan fingerprint density at radius 2 is 2.35 bits per heavy atom. The van der Waals surface area contributed by atoms with Crippen LogP contribution in [0.15, 0.2) is 17.5 Å². The van der Waals surface area contributed by atoms with Crippen molar-refractivity contribution in [2.45, 2.75) is 19.4 Å². The Morgan fingerprint density at radius 3 is 2.94 bits per heavy atom. The first-order valence-electron chi connectivity index (χ1n) is 5.19. The van der Waals surface area contributed by atoms with E-state index < -0.39 is 0 Å². The van der Waals surface area contributed by atoms with Gasteiger partial charge in [-0.05, 0) is 23.9 Å². The number of carbonyl (C=O) groups is 1. The van der Waals surface area contributed by atoms with Crippen molar-refractivity contribution in [3.8, 4) is 0 Å². The molecule has 2 heterocycles. The van der Waals surface area contributed by atoms with Crippen LogP contribution in [0.4, 0.5) is 0 Å². The molecule has 6 heteroatoms. The first-order valence-corrected chi connectivity index (χ1v) is 7.29. The highest BCUT2D eigenvalue weighted by Gasteiger charge is 2.16. The summed E-state index contributed by atoms with van der Waals surface area (Å²) in [6.45, 7) is 1.94. The van der Waals surface area contributed by atoms with Crippen LogP contribution in [0.25, 0.3) is 9.40 Å². The number of hydrogen-bond donors (Lipinski definition) is 2. The number of nitrogens with two attached hydrogens (primary N) is 1. The van der Waals surface area contributed by atoms with E-state index in [4.69, 9.17) is 18.0 Å². The van der Waals surface area contributed by atoms with Gasteiger partial charge < -0.3 is 11.1 Å². The Balaban J connectivity index is 2.15. The molecular weight excluding hydrogens is 272 g/mol. The van der Waals surface area contributed by atoms with Crippen LogP contribution in [0, 0.1) is 0 Å². The average molecular weight is 284 g/mol. The largest absolute Gasteiger partial charge is 0.392 e. The molecule has 17 heavy (non-hydrogen) atoms. The normalized spacial score (nSPS) is 12.5. The minimum absolute atomic E-state index is 0.0990. The lowest BCUT2D eigenvalue weighted by Gasteiger charge is -2.14. The molecule has 0 aliphatic carbocycles. The lowest BCUT2D eigenvalue weighted by Crippen LogP contribution is -2.42. The first-order chi connectivity index (χ1) is 8.11. The van der Waals surface area contributed by atoms with Crippen LogP contribution in [0.2, 0.25) is 0 Å². The van der Waals surface area contributed by atoms with E-state index in [1.807, 2.05) is 24.4 Å². The standard InChI is InChI=1S/C11H12N2OS3/c1-2-6(10(12)15)13-11(14)9-5-8-7(17-9)3-4-16-8/h3-6H,2H2,1H3,(H2,12,15)(H,13,14). The number of thiocarbonyl (C=S) groups is 1. The van der Waals surface area contributed by atoms with Gasteiger partial charge in [0, 0.05) is 9.40 Å². The third-order valence-electron chi connectivity index (χ3n) is 2.42. The fraction of sp³-hybridized carbons (Fsp3) is 0.273. The van der Waals surface area contributed by atoms with Crippen molar-refractivity contribution in [1.29, 1.82) is 0 Å². The van der Waals surface area contributed by atoms with E-state index in [1.165, 1.54) is 11.3 Å². The number of nitrogens with one attached hydrogen (secondary N) is 1. The van der Waals surface area contributed by atoms with E-state index >= 15 is 0 Å². The maximum atomic E-state index is 12.0. The van der Waals surface area contributed by atoms with Gasteiger partial charge in [-0.3, -0.25) is 4.79 Å². The van der Waals surface area contributed by atoms with E-state index in [0.717, 1.165) is 9.40 Å². The SMILES string of the molecule is CCC(NC(=O)c1cc2sccc2s1)C(N)=S. The minimum atomic E-state index is -0.224. The molecule has 0 saturated heterocycles. The summed E-state index contributed by atoms with van der Waals surface area (Å²) in [4.78, 5) is 13.0. The molecule has 0 aromatic carbocycles. The van der Waals surface area contributed by atoms with Gasteiger partial charge in [0.25, 0.3) is 5.91 Å². The predicted molar refractivity (Wildman–Crippen MR) is 78.0 cm³/mol. The fourth-order valence-electron chi connectivity index (χ4n) is 1.48. The second-order valence-electron chi connectivity index (χ2n) is 3.60. The van der Waals surface area contributed by atoms with Gasteiger partial charge in [-0.15, -0.1) is 22.7 Å². The summed E-state index contributed by atoms with van der Waals surface area (Å²) in [6.07, 6.45) is 0.709. The molecule has 0 aliphatic heterocycles. The van der Waals surface area contributed by atoms with Crippen LogP contribution >= 0.6 is 34.9 Å². The summed E-state index contributed by atoms with van der Waals surface area (Å²) in [5, 5.41) is 4.86. The van der Waals surface area contributed by atoms with Gasteiger partial charge in [-0.2, -0.15) is 0 Å². The lowest BCUT2D eigenvalue weighted by atomic mass is 10.2. The summed E-state index contributed by atoms with van der Waals surface area (Å²) < 4.78 is 2.28. The number of hydrogen-bond acceptors (Lipinski definition) is 4. The molecule has 0 radical (unpaired) electrons. The van der Waals surface area contributed by atoms with Crippen LogP contribution in [-0.4, -0.2) is 16.9 Å². The van der Waals surface area contributed by atoms with Crippen molar-refractivity contribution in [1.82, 2.24) is 5.32 Å². The molecule has 90 valence electrons. The molecule has 0 saturated carbocycles. The highest BCUT2D eigenvalue weighted by Crippen LogP contribution is 2.29. The van der Waals surface area contributed by atoms with Gasteiger partial charge in [-0.25, -0.2) is 0 Å². The zero-order chi connectivity index (χ0) is 12.4. The molecule has 2 aromatic heterocycles. The van der Waals surface area contributed by atoms with Gasteiger partial charge >= 0.3 is 0 Å². The number of carbonyl (C=O) groups excluding carboxylic acids is 1. The van der Waals surface area contributed by atoms with Crippen molar-refractivity contribution in [3.63, 3.8) is 0 Å². The van der Waals surface area contributed by atoms with Crippen LogP contribution in [0.3, 0.4) is 0 Å². The molecule has 0 aliphatic rings. The molecule has 3 nitrogen and oxygen atoms in total. The zero-order valence-electron chi connectivity index (χ0n) is 9.23. The van der Waals surface area contributed by atoms with Gasteiger partial charge in [0.2, 0.25) is 0 Å². The van der Waals surface area contributed by atoms with Crippen LogP contribution < -0.4 is 11.1 Å². The van der Waals surface area contributed by atoms with E-state index in [1.54, 1.807) is 11.3 Å². The Kier molecular flexibility index (Phi) is 3.76. The number of amides is 1. The Labute approximate surface area is 113 Å². The van der Waals surface area contributed by atoms with Crippen molar-refractivity contribution < 1.29 is 4.79 Å². The maximum Gasteiger partial charge on any atom is 0.261 e. The summed E-state index contributed by atoms with van der Waals surface area (Å²) >= 11 is 8.03. The second kappa shape index (κ2) is 5.12. The molecule has 0 bridgehead atoms. The fourth-order valence-corrected chi connectivity index (χ4v) is 3.72. The molecular formula is C11H12N2OS3. The Bertz CT molecular complexity index is 529. The zero-order valence-corrected chi connectivity index (χ0v) is 11.7. The molecule has 1 amide bonds. The highest BCUT2D eigenvalue weighted by molar-refractivity contribution is 7.80. The first kappa shape index (κ1) is 12.5. The molecule has 1 atom stereocenters. The summed E-state index contributed by atoms with van der Waals surface area (Å²) in [6, 6.07) is 3.70. The van der Waals surface area contributed by atoms with E-state index in [-0.39, 0.29) is 11.9 Å². The number of thiophene rings is 2. The molecule has 2 aromatic rings. The third kappa shape index (κ3) is 2.65. The lowest BCUT2D eigenvalue weighted by molar-refractivity contribution is 0.0950. The predicted octanol–water partition coefficient (Wildman–Crippen LogP) is 2.76. The van der Waals surface area contributed by atoms with Gasteiger partial charge in [0.05, 0.1) is 15.9 Å². The number of fused-ring (bicyclic) bond motifs is 1. The highest BCUT2D eigenvalue weighted by atomic mass is 32.1. The average Bonchev–Trinajstić information content (AvgIpc) is 2.84.